The molecular weight excluding hydrogens is 458 g/mol. The Morgan fingerprint density at radius 2 is 1.59 bits per heavy atom. The first-order valence-electron chi connectivity index (χ1n) is 10.6. The lowest BCUT2D eigenvalue weighted by Crippen LogP contribution is -2.37. The number of hydrogen-bond acceptors (Lipinski definition) is 7. The predicted octanol–water partition coefficient (Wildman–Crippen LogP) is 3.34. The summed E-state index contributed by atoms with van der Waals surface area (Å²) in [6.07, 6.45) is -1.01. The first kappa shape index (κ1) is 27.0. The second kappa shape index (κ2) is 12.9. The molecule has 0 amide bonds. The number of rotatable bonds is 10. The molecule has 0 fully saturated rings. The van der Waals surface area contributed by atoms with Gasteiger partial charge in [-0.3, -0.25) is 9.59 Å². The maximum atomic E-state index is 11.4. The van der Waals surface area contributed by atoms with Gasteiger partial charge in [0, 0.05) is 10.9 Å². The van der Waals surface area contributed by atoms with Gasteiger partial charge in [0.25, 0.3) is 0 Å². The van der Waals surface area contributed by atoms with Gasteiger partial charge in [-0.25, -0.2) is 0 Å². The molecule has 3 unspecified atom stereocenters. The third kappa shape index (κ3) is 7.96. The van der Waals surface area contributed by atoms with Crippen LogP contribution in [0.5, 0.6) is 5.75 Å². The summed E-state index contributed by atoms with van der Waals surface area (Å²) in [7, 11) is 0. The monoisotopic (exact) mass is 487 g/mol. The van der Waals surface area contributed by atoms with Crippen LogP contribution in [0.25, 0.3) is 0 Å². The van der Waals surface area contributed by atoms with E-state index in [0.29, 0.717) is 13.0 Å². The zero-order chi connectivity index (χ0) is 25.1. The van der Waals surface area contributed by atoms with Crippen LogP contribution >= 0.6 is 11.3 Å². The van der Waals surface area contributed by atoms with Crippen molar-refractivity contribution in [3.05, 3.63) is 88.1 Å². The molecule has 9 heteroatoms. The van der Waals surface area contributed by atoms with Gasteiger partial charge in [0.15, 0.2) is 0 Å². The summed E-state index contributed by atoms with van der Waals surface area (Å²) in [5, 5.41) is 52.0. The van der Waals surface area contributed by atoms with Gasteiger partial charge in [0.1, 0.15) is 17.8 Å². The van der Waals surface area contributed by atoms with Crippen molar-refractivity contribution in [2.75, 3.05) is 6.54 Å². The van der Waals surface area contributed by atoms with Gasteiger partial charge in [-0.2, -0.15) is 0 Å². The van der Waals surface area contributed by atoms with E-state index in [-0.39, 0.29) is 11.8 Å². The molecule has 0 bridgehead atoms. The van der Waals surface area contributed by atoms with E-state index < -0.39 is 30.1 Å². The molecule has 0 aliphatic rings. The largest absolute Gasteiger partial charge is 0.508 e. The molecular formula is C25H29NO7S. The van der Waals surface area contributed by atoms with Crippen LogP contribution in [0.3, 0.4) is 0 Å². The fourth-order valence-electron chi connectivity index (χ4n) is 3.32. The Kier molecular flexibility index (Phi) is 10.2. The van der Waals surface area contributed by atoms with E-state index in [1.54, 1.807) is 24.3 Å². The van der Waals surface area contributed by atoms with Gasteiger partial charge in [-0.1, -0.05) is 48.5 Å². The molecule has 3 atom stereocenters. The van der Waals surface area contributed by atoms with Gasteiger partial charge in [0.2, 0.25) is 0 Å². The maximum Gasteiger partial charge on any atom is 0.314 e. The minimum Gasteiger partial charge on any atom is -0.508 e. The number of aliphatic hydroxyl groups is 2. The van der Waals surface area contributed by atoms with Gasteiger partial charge in [-0.15, -0.1) is 11.3 Å². The highest BCUT2D eigenvalue weighted by atomic mass is 32.1. The highest BCUT2D eigenvalue weighted by Gasteiger charge is 2.32. The summed E-state index contributed by atoms with van der Waals surface area (Å²) in [5.41, 5.74) is 0.538. The van der Waals surface area contributed by atoms with Crippen molar-refractivity contribution in [3.8, 4) is 5.75 Å². The van der Waals surface area contributed by atoms with Crippen molar-refractivity contribution in [3.63, 3.8) is 0 Å². The van der Waals surface area contributed by atoms with Gasteiger partial charge >= 0.3 is 11.9 Å². The van der Waals surface area contributed by atoms with Crippen LogP contribution in [0.15, 0.2) is 72.1 Å². The molecule has 0 saturated heterocycles. The van der Waals surface area contributed by atoms with Crippen LogP contribution in [0.1, 0.15) is 41.9 Å². The van der Waals surface area contributed by atoms with Crippen molar-refractivity contribution in [2.45, 2.75) is 37.5 Å². The number of thiophene rings is 1. The lowest BCUT2D eigenvalue weighted by Gasteiger charge is -2.29. The number of benzene rings is 2. The number of aromatic hydroxyl groups is 1. The molecule has 0 radical (unpaired) electrons. The van der Waals surface area contributed by atoms with Crippen molar-refractivity contribution in [2.24, 2.45) is 0 Å². The standard InChI is InChI=1S/C22H25NO3S.C3H4O4/c1-16(21(25)17-9-11-19(24)12-10-17)23-14-13-22(26,20-8-5-15-27-20)18-6-3-2-4-7-18;4-2(5)1-3(6)7/h2-12,15-16,21,23-26H,13-14H2,1H3;1H2,(H,4,5)(H,6,7). The number of phenols is 1. The third-order valence-electron chi connectivity index (χ3n) is 5.14. The van der Waals surface area contributed by atoms with Gasteiger partial charge in [0.05, 0.1) is 6.10 Å². The normalized spacial score (nSPS) is 14.2. The first-order chi connectivity index (χ1) is 16.1. The summed E-state index contributed by atoms with van der Waals surface area (Å²) in [6.45, 7) is 2.45. The van der Waals surface area contributed by atoms with E-state index >= 15 is 0 Å². The minimum absolute atomic E-state index is 0.176. The Bertz CT molecular complexity index is 1010. The molecule has 2 aromatic carbocycles. The first-order valence-corrected chi connectivity index (χ1v) is 11.5. The smallest absolute Gasteiger partial charge is 0.314 e. The van der Waals surface area contributed by atoms with E-state index in [9.17, 15) is 24.9 Å². The summed E-state index contributed by atoms with van der Waals surface area (Å²) in [5.74, 6) is -2.45. The number of carbonyl (C=O) groups is 2. The SMILES string of the molecule is CC(NCCC(O)(c1ccccc1)c1cccs1)C(O)c1ccc(O)cc1.O=C(O)CC(=O)O. The number of carboxylic acid groups (broad SMARTS) is 2. The molecule has 1 heterocycles. The van der Waals surface area contributed by atoms with Crippen LogP contribution in [0.4, 0.5) is 0 Å². The third-order valence-corrected chi connectivity index (χ3v) is 6.16. The topological polar surface area (TPSA) is 147 Å². The summed E-state index contributed by atoms with van der Waals surface area (Å²) >= 11 is 1.54. The van der Waals surface area contributed by atoms with Crippen molar-refractivity contribution in [1.29, 1.82) is 0 Å². The number of aliphatic carboxylic acids is 2. The zero-order valence-electron chi connectivity index (χ0n) is 18.7. The number of carboxylic acids is 2. The number of hydrogen-bond donors (Lipinski definition) is 6. The Labute approximate surface area is 201 Å². The number of phenolic OH excluding ortho intramolecular Hbond substituents is 1. The van der Waals surface area contributed by atoms with Gasteiger partial charge in [-0.05, 0) is 54.6 Å². The molecule has 0 aliphatic carbocycles. The van der Waals surface area contributed by atoms with Crippen LogP contribution in [-0.2, 0) is 15.2 Å². The summed E-state index contributed by atoms with van der Waals surface area (Å²) in [6, 6.07) is 19.9. The second-order valence-corrected chi connectivity index (χ2v) is 8.64. The van der Waals surface area contributed by atoms with E-state index in [1.165, 1.54) is 11.3 Å². The predicted molar refractivity (Wildman–Crippen MR) is 129 cm³/mol. The fraction of sp³-hybridized carbons (Fsp3) is 0.280. The van der Waals surface area contributed by atoms with Crippen LogP contribution in [0, 0.1) is 0 Å². The Balaban J connectivity index is 0.000000509. The van der Waals surface area contributed by atoms with E-state index in [4.69, 9.17) is 10.2 Å². The Hall–Kier alpha value is -3.24. The Morgan fingerprint density at radius 3 is 2.09 bits per heavy atom. The van der Waals surface area contributed by atoms with Crippen molar-refractivity contribution in [1.82, 2.24) is 5.32 Å². The highest BCUT2D eigenvalue weighted by molar-refractivity contribution is 7.10. The summed E-state index contributed by atoms with van der Waals surface area (Å²) < 4.78 is 0. The lowest BCUT2D eigenvalue weighted by atomic mass is 9.88. The summed E-state index contributed by atoms with van der Waals surface area (Å²) in [4.78, 5) is 19.8. The van der Waals surface area contributed by atoms with Crippen LogP contribution < -0.4 is 5.32 Å². The van der Waals surface area contributed by atoms with Crippen LogP contribution in [-0.4, -0.2) is 50.1 Å². The number of aliphatic hydroxyl groups excluding tert-OH is 1. The highest BCUT2D eigenvalue weighted by Crippen LogP contribution is 2.35. The van der Waals surface area contributed by atoms with Crippen LogP contribution in [0.2, 0.25) is 0 Å². The van der Waals surface area contributed by atoms with Crippen molar-refractivity contribution < 1.29 is 35.1 Å². The minimum atomic E-state index is -1.31. The number of nitrogens with one attached hydrogen (secondary N) is 1. The molecule has 182 valence electrons. The fourth-order valence-corrected chi connectivity index (χ4v) is 4.20. The van der Waals surface area contributed by atoms with Gasteiger partial charge < -0.3 is 30.8 Å². The van der Waals surface area contributed by atoms with E-state index in [2.05, 4.69) is 5.32 Å². The Morgan fingerprint density at radius 1 is 0.971 bits per heavy atom. The zero-order valence-corrected chi connectivity index (χ0v) is 19.5. The average molecular weight is 488 g/mol. The second-order valence-electron chi connectivity index (χ2n) is 7.70. The molecule has 0 saturated carbocycles. The maximum absolute atomic E-state index is 11.4. The van der Waals surface area contributed by atoms with Crippen molar-refractivity contribution >= 4 is 23.3 Å². The van der Waals surface area contributed by atoms with E-state index in [0.717, 1.165) is 16.0 Å². The quantitative estimate of drug-likeness (QED) is 0.239. The lowest BCUT2D eigenvalue weighted by molar-refractivity contribution is -0.147. The molecule has 3 rings (SSSR count). The molecule has 6 N–H and O–H groups in total. The molecule has 0 spiro atoms. The molecule has 34 heavy (non-hydrogen) atoms. The molecule has 0 aliphatic heterocycles. The molecule has 3 aromatic rings. The molecule has 1 aromatic heterocycles. The molecule has 8 nitrogen and oxygen atoms in total. The van der Waals surface area contributed by atoms with E-state index in [1.807, 2.05) is 54.8 Å². The average Bonchev–Trinajstić information content (AvgIpc) is 3.35.